The van der Waals surface area contributed by atoms with Gasteiger partial charge in [-0.15, -0.1) is 0 Å². The number of allylic oxidation sites excluding steroid dienone is 2. The van der Waals surface area contributed by atoms with E-state index in [4.69, 9.17) is 0 Å². The molecule has 0 saturated heterocycles. The van der Waals surface area contributed by atoms with E-state index in [-0.39, 0.29) is 30.8 Å². The van der Waals surface area contributed by atoms with Crippen molar-refractivity contribution in [2.45, 2.75) is 31.2 Å². The second-order valence-corrected chi connectivity index (χ2v) is 6.45. The monoisotopic (exact) mass is 392 g/mol. The van der Waals surface area contributed by atoms with Crippen LogP contribution in [0.2, 0.25) is 0 Å². The summed E-state index contributed by atoms with van der Waals surface area (Å²) in [6.07, 6.45) is -3.22. The SMILES string of the molecule is Fc1ccc2c(c1F)CC[C@@]21CN2C=C(C(F)(F)F)C=C(OC(F)F)C2=N1. The molecular formula is C17H11F7N2O. The third kappa shape index (κ3) is 2.78. The minimum atomic E-state index is -4.78. The van der Waals surface area contributed by atoms with Gasteiger partial charge in [0.15, 0.2) is 23.2 Å². The molecule has 0 amide bonds. The zero-order chi connectivity index (χ0) is 19.6. The lowest BCUT2D eigenvalue weighted by Crippen LogP contribution is -2.34. The number of hydrogen-bond acceptors (Lipinski definition) is 3. The van der Waals surface area contributed by atoms with Gasteiger partial charge in [-0.2, -0.15) is 22.0 Å². The minimum absolute atomic E-state index is 0.0968. The summed E-state index contributed by atoms with van der Waals surface area (Å²) in [6.45, 7) is -3.46. The molecule has 1 aromatic rings. The number of fused-ring (bicyclic) bond motifs is 3. The molecule has 1 aromatic carbocycles. The van der Waals surface area contributed by atoms with Crippen molar-refractivity contribution in [2.75, 3.05) is 6.54 Å². The van der Waals surface area contributed by atoms with Crippen LogP contribution in [-0.4, -0.2) is 30.1 Å². The summed E-state index contributed by atoms with van der Waals surface area (Å²) in [7, 11) is 0. The molecule has 0 N–H and O–H groups in total. The van der Waals surface area contributed by atoms with E-state index in [1.807, 2.05) is 0 Å². The van der Waals surface area contributed by atoms with Crippen molar-refractivity contribution in [1.82, 2.24) is 4.90 Å². The van der Waals surface area contributed by atoms with Crippen molar-refractivity contribution in [3.63, 3.8) is 0 Å². The first-order valence-corrected chi connectivity index (χ1v) is 7.90. The van der Waals surface area contributed by atoms with E-state index >= 15 is 0 Å². The molecule has 3 nitrogen and oxygen atoms in total. The number of halogens is 7. The Hall–Kier alpha value is -2.52. The van der Waals surface area contributed by atoms with Crippen molar-refractivity contribution < 1.29 is 35.5 Å². The largest absolute Gasteiger partial charge is 0.431 e. The molecule has 0 unspecified atom stereocenters. The van der Waals surface area contributed by atoms with Gasteiger partial charge in [-0.25, -0.2) is 8.78 Å². The Morgan fingerprint density at radius 1 is 1.19 bits per heavy atom. The summed E-state index contributed by atoms with van der Waals surface area (Å²) in [5.74, 6) is -2.97. The lowest BCUT2D eigenvalue weighted by molar-refractivity contribution is -0.0981. The van der Waals surface area contributed by atoms with Crippen LogP contribution in [0.1, 0.15) is 17.5 Å². The number of hydrogen-bond donors (Lipinski definition) is 0. The van der Waals surface area contributed by atoms with Crippen LogP contribution in [0.3, 0.4) is 0 Å². The van der Waals surface area contributed by atoms with Crippen LogP contribution in [0.5, 0.6) is 0 Å². The van der Waals surface area contributed by atoms with Gasteiger partial charge in [0.25, 0.3) is 0 Å². The van der Waals surface area contributed by atoms with Crippen LogP contribution in [0.4, 0.5) is 30.7 Å². The maximum atomic E-state index is 14.0. The summed E-state index contributed by atoms with van der Waals surface area (Å²) in [5, 5.41) is 0. The summed E-state index contributed by atoms with van der Waals surface area (Å²) >= 11 is 0. The standard InChI is InChI=1S/C17H11F7N2O/c18-11-2-1-10-9(13(11)19)3-4-16(10)7-26-6-8(17(22,23)24)5-12(14(26)25-16)27-15(20)21/h1-2,5-6,15H,3-4,7H2/t16-/m1/s1. The molecule has 1 atom stereocenters. The predicted octanol–water partition coefficient (Wildman–Crippen LogP) is 4.40. The van der Waals surface area contributed by atoms with Crippen LogP contribution < -0.4 is 0 Å². The van der Waals surface area contributed by atoms with Gasteiger partial charge in [-0.05, 0) is 36.1 Å². The van der Waals surface area contributed by atoms with Gasteiger partial charge in [-0.1, -0.05) is 6.07 Å². The molecule has 1 aliphatic carbocycles. The maximum Gasteiger partial charge on any atom is 0.417 e. The van der Waals surface area contributed by atoms with Crippen molar-refractivity contribution in [3.8, 4) is 0 Å². The van der Waals surface area contributed by atoms with Crippen molar-refractivity contribution in [2.24, 2.45) is 4.99 Å². The van der Waals surface area contributed by atoms with Gasteiger partial charge in [-0.3, -0.25) is 4.99 Å². The van der Waals surface area contributed by atoms with E-state index in [2.05, 4.69) is 9.73 Å². The highest BCUT2D eigenvalue weighted by molar-refractivity contribution is 6.00. The summed E-state index contributed by atoms with van der Waals surface area (Å²) < 4.78 is 96.4. The number of alkyl halides is 5. The number of aliphatic imine (C=N–C) groups is 1. The van der Waals surface area contributed by atoms with Gasteiger partial charge in [0.2, 0.25) is 0 Å². The normalized spacial score (nSPS) is 24.0. The van der Waals surface area contributed by atoms with E-state index in [1.54, 1.807) is 0 Å². The molecule has 0 fully saturated rings. The number of nitrogens with zero attached hydrogens (tertiary/aromatic N) is 2. The van der Waals surface area contributed by atoms with E-state index < -0.39 is 41.3 Å². The topological polar surface area (TPSA) is 24.8 Å². The third-order valence-electron chi connectivity index (χ3n) is 4.86. The van der Waals surface area contributed by atoms with Gasteiger partial charge in [0.1, 0.15) is 5.54 Å². The zero-order valence-electron chi connectivity index (χ0n) is 13.5. The summed E-state index contributed by atoms with van der Waals surface area (Å²) in [6, 6.07) is 2.25. The Bertz CT molecular complexity index is 903. The molecule has 0 radical (unpaired) electrons. The fourth-order valence-corrected chi connectivity index (χ4v) is 3.73. The van der Waals surface area contributed by atoms with Crippen LogP contribution in [-0.2, 0) is 16.7 Å². The van der Waals surface area contributed by atoms with Crippen molar-refractivity contribution >= 4 is 5.84 Å². The Kier molecular flexibility index (Phi) is 3.80. The highest BCUT2D eigenvalue weighted by Gasteiger charge is 2.49. The number of ether oxygens (including phenoxy) is 1. The van der Waals surface area contributed by atoms with Gasteiger partial charge in [0, 0.05) is 6.20 Å². The van der Waals surface area contributed by atoms with E-state index in [9.17, 15) is 30.7 Å². The minimum Gasteiger partial charge on any atom is -0.431 e. The van der Waals surface area contributed by atoms with E-state index in [1.165, 1.54) is 6.07 Å². The third-order valence-corrected chi connectivity index (χ3v) is 4.86. The Balaban J connectivity index is 1.80. The molecular weight excluding hydrogens is 381 g/mol. The Morgan fingerprint density at radius 3 is 2.59 bits per heavy atom. The van der Waals surface area contributed by atoms with Gasteiger partial charge >= 0.3 is 12.8 Å². The number of amidine groups is 1. The van der Waals surface area contributed by atoms with Gasteiger partial charge in [0.05, 0.1) is 12.1 Å². The molecule has 0 aromatic heterocycles. The molecule has 2 aliphatic heterocycles. The molecule has 0 saturated carbocycles. The molecule has 144 valence electrons. The average Bonchev–Trinajstić information content (AvgIpc) is 3.11. The molecule has 1 spiro atoms. The molecule has 27 heavy (non-hydrogen) atoms. The Labute approximate surface area is 148 Å². The van der Waals surface area contributed by atoms with Crippen LogP contribution >= 0.6 is 0 Å². The van der Waals surface area contributed by atoms with E-state index in [0.717, 1.165) is 17.2 Å². The summed E-state index contributed by atoms with van der Waals surface area (Å²) in [4.78, 5) is 5.39. The van der Waals surface area contributed by atoms with Crippen molar-refractivity contribution in [3.05, 3.63) is 58.5 Å². The Morgan fingerprint density at radius 2 is 1.93 bits per heavy atom. The molecule has 4 rings (SSSR count). The second kappa shape index (κ2) is 5.74. The van der Waals surface area contributed by atoms with E-state index in [0.29, 0.717) is 11.6 Å². The molecule has 3 aliphatic rings. The van der Waals surface area contributed by atoms with Crippen LogP contribution in [0, 0.1) is 11.6 Å². The molecule has 0 bridgehead atoms. The van der Waals surface area contributed by atoms with Gasteiger partial charge < -0.3 is 9.64 Å². The smallest absolute Gasteiger partial charge is 0.417 e. The highest BCUT2D eigenvalue weighted by atomic mass is 19.4. The quantitative estimate of drug-likeness (QED) is 0.697. The highest BCUT2D eigenvalue weighted by Crippen LogP contribution is 2.47. The van der Waals surface area contributed by atoms with Crippen LogP contribution in [0.25, 0.3) is 0 Å². The fourth-order valence-electron chi connectivity index (χ4n) is 3.73. The first-order chi connectivity index (χ1) is 12.6. The number of rotatable bonds is 2. The lowest BCUT2D eigenvalue weighted by atomic mass is 9.93. The second-order valence-electron chi connectivity index (χ2n) is 6.45. The fraction of sp³-hybridized carbons (Fsp3) is 0.353. The maximum absolute atomic E-state index is 14.0. The first kappa shape index (κ1) is 17.9. The predicted molar refractivity (Wildman–Crippen MR) is 79.8 cm³/mol. The average molecular weight is 392 g/mol. The molecule has 2 heterocycles. The summed E-state index contributed by atoms with van der Waals surface area (Å²) in [5.41, 5.74) is -1.89. The lowest BCUT2D eigenvalue weighted by Gasteiger charge is -2.26. The first-order valence-electron chi connectivity index (χ1n) is 7.90. The molecule has 10 heteroatoms. The van der Waals surface area contributed by atoms with Crippen molar-refractivity contribution in [1.29, 1.82) is 0 Å². The zero-order valence-corrected chi connectivity index (χ0v) is 13.5. The number of benzene rings is 1. The van der Waals surface area contributed by atoms with Crippen LogP contribution in [0.15, 0.2) is 40.7 Å².